The molecule has 3 aromatic carbocycles. The van der Waals surface area contributed by atoms with E-state index in [2.05, 4.69) is 5.32 Å². The molecule has 1 N–H and O–H groups in total. The van der Waals surface area contributed by atoms with E-state index in [0.717, 1.165) is 41.1 Å². The van der Waals surface area contributed by atoms with E-state index in [9.17, 15) is 18.0 Å². The summed E-state index contributed by atoms with van der Waals surface area (Å²) >= 11 is 12.5. The van der Waals surface area contributed by atoms with Crippen LogP contribution < -0.4 is 9.62 Å². The van der Waals surface area contributed by atoms with Crippen LogP contribution in [0.25, 0.3) is 0 Å². The average Bonchev–Trinajstić information content (AvgIpc) is 3.44. The fourth-order valence-corrected chi connectivity index (χ4v) is 6.86. The van der Waals surface area contributed by atoms with Crippen LogP contribution in [0.15, 0.2) is 71.6 Å². The minimum atomic E-state index is -4.18. The fraction of sp³-hybridized carbons (Fsp3) is 0.355. The van der Waals surface area contributed by atoms with Gasteiger partial charge in [0, 0.05) is 22.6 Å². The zero-order valence-electron chi connectivity index (χ0n) is 23.4. The molecule has 0 aliphatic heterocycles. The predicted molar refractivity (Wildman–Crippen MR) is 164 cm³/mol. The zero-order chi connectivity index (χ0) is 29.7. The molecule has 0 saturated heterocycles. The number of aryl methyl sites for hydroxylation is 2. The largest absolute Gasteiger partial charge is 0.352 e. The maximum Gasteiger partial charge on any atom is 0.264 e. The first-order chi connectivity index (χ1) is 19.5. The summed E-state index contributed by atoms with van der Waals surface area (Å²) in [6.07, 6.45) is 3.90. The third-order valence-electron chi connectivity index (χ3n) is 7.44. The van der Waals surface area contributed by atoms with Gasteiger partial charge in [-0.05, 0) is 81.1 Å². The molecule has 1 atom stereocenters. The smallest absolute Gasteiger partial charge is 0.264 e. The molecule has 1 aliphatic carbocycles. The Hall–Kier alpha value is -3.07. The van der Waals surface area contributed by atoms with Crippen LogP contribution in [0.4, 0.5) is 5.69 Å². The Balaban J connectivity index is 1.72. The quantitative estimate of drug-likeness (QED) is 0.291. The monoisotopic (exact) mass is 615 g/mol. The van der Waals surface area contributed by atoms with Crippen molar-refractivity contribution in [2.75, 3.05) is 10.8 Å². The summed E-state index contributed by atoms with van der Waals surface area (Å²) in [6, 6.07) is 17.6. The van der Waals surface area contributed by atoms with Gasteiger partial charge in [0.15, 0.2) is 0 Å². The molecule has 1 aliphatic rings. The van der Waals surface area contributed by atoms with Gasteiger partial charge in [0.05, 0.1) is 10.6 Å². The Labute approximate surface area is 252 Å². The van der Waals surface area contributed by atoms with Crippen LogP contribution >= 0.6 is 23.2 Å². The van der Waals surface area contributed by atoms with Crippen LogP contribution in [0.1, 0.15) is 49.3 Å². The number of hydrogen-bond donors (Lipinski definition) is 1. The number of halogens is 2. The van der Waals surface area contributed by atoms with E-state index in [1.54, 1.807) is 56.3 Å². The van der Waals surface area contributed by atoms with Gasteiger partial charge in [0.25, 0.3) is 10.0 Å². The topological polar surface area (TPSA) is 86.8 Å². The molecule has 218 valence electrons. The number of carbonyl (C=O) groups is 2. The number of sulfonamides is 1. The second-order valence-corrected chi connectivity index (χ2v) is 13.3. The SMILES string of the molecule is Cc1ccc(S(=O)(=O)N(CC(=O)N(Cc2cccc(Cl)c2)C(C)C(=O)NC2CCCC2)c2cc(Cl)ccc2C)cc1. The number of nitrogens with zero attached hydrogens (tertiary/aromatic N) is 2. The number of hydrogen-bond acceptors (Lipinski definition) is 4. The number of amides is 2. The molecule has 41 heavy (non-hydrogen) atoms. The summed E-state index contributed by atoms with van der Waals surface area (Å²) in [6.45, 7) is 4.83. The maximum atomic E-state index is 14.1. The highest BCUT2D eigenvalue weighted by Crippen LogP contribution is 2.30. The van der Waals surface area contributed by atoms with Crippen molar-refractivity contribution in [3.63, 3.8) is 0 Å². The summed E-state index contributed by atoms with van der Waals surface area (Å²) in [5, 5.41) is 3.90. The van der Waals surface area contributed by atoms with E-state index in [1.807, 2.05) is 13.0 Å². The second-order valence-electron chi connectivity index (χ2n) is 10.6. The molecule has 10 heteroatoms. The minimum absolute atomic E-state index is 0.0451. The normalized spacial score (nSPS) is 14.5. The van der Waals surface area contributed by atoms with Gasteiger partial charge in [0.1, 0.15) is 12.6 Å². The lowest BCUT2D eigenvalue weighted by atomic mass is 10.1. The van der Waals surface area contributed by atoms with Gasteiger partial charge in [-0.25, -0.2) is 8.42 Å². The first kappa shape index (κ1) is 30.9. The van der Waals surface area contributed by atoms with Crippen LogP contribution in [-0.2, 0) is 26.2 Å². The van der Waals surface area contributed by atoms with Crippen molar-refractivity contribution in [1.82, 2.24) is 10.2 Å². The molecule has 4 rings (SSSR count). The first-order valence-electron chi connectivity index (χ1n) is 13.7. The Bertz CT molecular complexity index is 1510. The highest BCUT2D eigenvalue weighted by molar-refractivity contribution is 7.92. The predicted octanol–water partition coefficient (Wildman–Crippen LogP) is 6.28. The van der Waals surface area contributed by atoms with Crippen LogP contribution in [0, 0.1) is 13.8 Å². The highest BCUT2D eigenvalue weighted by atomic mass is 35.5. The molecule has 2 amide bonds. The number of carbonyl (C=O) groups excluding carboxylic acids is 2. The molecule has 0 heterocycles. The van der Waals surface area contributed by atoms with E-state index in [-0.39, 0.29) is 29.1 Å². The molecule has 0 aromatic heterocycles. The molecule has 1 saturated carbocycles. The number of nitrogens with one attached hydrogen (secondary N) is 1. The van der Waals surface area contributed by atoms with Crippen LogP contribution in [0.3, 0.4) is 0 Å². The zero-order valence-corrected chi connectivity index (χ0v) is 25.8. The number of benzene rings is 3. The van der Waals surface area contributed by atoms with Gasteiger partial charge < -0.3 is 10.2 Å². The van der Waals surface area contributed by atoms with Gasteiger partial charge in [0.2, 0.25) is 11.8 Å². The van der Waals surface area contributed by atoms with E-state index in [0.29, 0.717) is 15.6 Å². The molecule has 7 nitrogen and oxygen atoms in total. The lowest BCUT2D eigenvalue weighted by Gasteiger charge is -2.33. The Kier molecular flexibility index (Phi) is 10.00. The van der Waals surface area contributed by atoms with E-state index < -0.39 is 28.5 Å². The highest BCUT2D eigenvalue weighted by Gasteiger charge is 2.34. The number of rotatable bonds is 10. The Morgan fingerprint density at radius 1 is 0.951 bits per heavy atom. The summed E-state index contributed by atoms with van der Waals surface area (Å²) in [7, 11) is -4.18. The van der Waals surface area contributed by atoms with E-state index in [1.165, 1.54) is 23.1 Å². The fourth-order valence-electron chi connectivity index (χ4n) is 5.01. The molecule has 0 bridgehead atoms. The van der Waals surface area contributed by atoms with E-state index >= 15 is 0 Å². The lowest BCUT2D eigenvalue weighted by molar-refractivity contribution is -0.139. The summed E-state index contributed by atoms with van der Waals surface area (Å²) in [5.74, 6) is -0.812. The minimum Gasteiger partial charge on any atom is -0.352 e. The summed E-state index contributed by atoms with van der Waals surface area (Å²) < 4.78 is 29.1. The van der Waals surface area contributed by atoms with Crippen molar-refractivity contribution in [2.24, 2.45) is 0 Å². The van der Waals surface area contributed by atoms with Crippen molar-refractivity contribution in [1.29, 1.82) is 0 Å². The van der Waals surface area contributed by atoms with Gasteiger partial charge in [-0.2, -0.15) is 0 Å². The average molecular weight is 617 g/mol. The Morgan fingerprint density at radius 3 is 2.27 bits per heavy atom. The van der Waals surface area contributed by atoms with Crippen molar-refractivity contribution >= 4 is 50.7 Å². The van der Waals surface area contributed by atoms with Crippen LogP contribution in [0.5, 0.6) is 0 Å². The first-order valence-corrected chi connectivity index (χ1v) is 15.8. The molecule has 0 spiro atoms. The van der Waals surface area contributed by atoms with Gasteiger partial charge in [-0.1, -0.05) is 71.9 Å². The van der Waals surface area contributed by atoms with E-state index in [4.69, 9.17) is 23.2 Å². The van der Waals surface area contributed by atoms with Crippen molar-refractivity contribution in [3.8, 4) is 0 Å². The van der Waals surface area contributed by atoms with Gasteiger partial charge in [-0.15, -0.1) is 0 Å². The van der Waals surface area contributed by atoms with Crippen LogP contribution in [0.2, 0.25) is 10.0 Å². The molecular formula is C31H35Cl2N3O4S. The molecular weight excluding hydrogens is 581 g/mol. The van der Waals surface area contributed by atoms with Crippen molar-refractivity contribution < 1.29 is 18.0 Å². The maximum absolute atomic E-state index is 14.1. The van der Waals surface area contributed by atoms with Crippen molar-refractivity contribution in [3.05, 3.63) is 93.5 Å². The van der Waals surface area contributed by atoms with Gasteiger partial charge in [-0.3, -0.25) is 13.9 Å². The number of anilines is 1. The lowest BCUT2D eigenvalue weighted by Crippen LogP contribution is -2.52. The molecule has 3 aromatic rings. The van der Waals surface area contributed by atoms with Crippen LogP contribution in [-0.4, -0.2) is 43.8 Å². The van der Waals surface area contributed by atoms with Crippen molar-refractivity contribution in [2.45, 2.75) is 70.0 Å². The Morgan fingerprint density at radius 2 is 1.61 bits per heavy atom. The molecule has 0 radical (unpaired) electrons. The third kappa shape index (κ3) is 7.61. The third-order valence-corrected chi connectivity index (χ3v) is 9.68. The summed E-state index contributed by atoms with van der Waals surface area (Å²) in [5.41, 5.74) is 2.54. The standard InChI is InChI=1S/C31H35Cl2N3O4S/c1-21-11-15-28(16-12-21)41(39,40)36(29-18-26(33)14-13-22(29)2)20-30(37)35(19-24-7-6-8-25(32)17-24)23(3)31(38)34-27-9-4-5-10-27/h6-8,11-18,23,27H,4-5,9-10,19-20H2,1-3H3,(H,34,38). The second kappa shape index (κ2) is 13.3. The molecule has 1 unspecified atom stereocenters. The van der Waals surface area contributed by atoms with Gasteiger partial charge >= 0.3 is 0 Å². The summed E-state index contributed by atoms with van der Waals surface area (Å²) in [4.78, 5) is 28.9. The molecule has 1 fully saturated rings.